The van der Waals surface area contributed by atoms with Crippen LogP contribution in [0.3, 0.4) is 0 Å². The maximum absolute atomic E-state index is 12.0. The van der Waals surface area contributed by atoms with Crippen LogP contribution < -0.4 is 5.32 Å². The van der Waals surface area contributed by atoms with Gasteiger partial charge in [0.25, 0.3) is 0 Å². The minimum atomic E-state index is -0.109. The highest BCUT2D eigenvalue weighted by molar-refractivity contribution is 8.00. The first kappa shape index (κ1) is 15.7. The molecular weight excluding hydrogens is 289 g/mol. The fraction of sp³-hybridized carbons (Fsp3) is 0.462. The van der Waals surface area contributed by atoms with Crippen LogP contribution in [0.25, 0.3) is 0 Å². The smallest absolute Gasteiger partial charge is 0.237 e. The Bertz CT molecular complexity index is 423. The molecule has 0 saturated heterocycles. The molecule has 0 aromatic heterocycles. The fourth-order valence-electron chi connectivity index (χ4n) is 1.25. The quantitative estimate of drug-likeness (QED) is 0.853. The van der Waals surface area contributed by atoms with Gasteiger partial charge in [0.05, 0.1) is 21.0 Å². The molecule has 1 amide bonds. The van der Waals surface area contributed by atoms with Gasteiger partial charge >= 0.3 is 0 Å². The Kier molecular flexibility index (Phi) is 6.33. The lowest BCUT2D eigenvalue weighted by molar-refractivity contribution is -0.115. The predicted octanol–water partition coefficient (Wildman–Crippen LogP) is 4.71. The Morgan fingerprint density at radius 2 is 2.00 bits per heavy atom. The summed E-state index contributed by atoms with van der Waals surface area (Å²) in [7, 11) is 0. The molecule has 0 aliphatic carbocycles. The van der Waals surface area contributed by atoms with Crippen molar-refractivity contribution in [2.24, 2.45) is 5.92 Å². The van der Waals surface area contributed by atoms with Gasteiger partial charge in [-0.15, -0.1) is 11.8 Å². The third-order valence-electron chi connectivity index (χ3n) is 2.26. The second kappa shape index (κ2) is 7.27. The molecule has 0 fully saturated rings. The number of thioether (sulfide) groups is 1. The molecule has 0 bridgehead atoms. The molecule has 1 atom stereocenters. The van der Waals surface area contributed by atoms with E-state index in [1.807, 2.05) is 6.92 Å². The summed E-state index contributed by atoms with van der Waals surface area (Å²) < 4.78 is 0. The van der Waals surface area contributed by atoms with Crippen LogP contribution >= 0.6 is 35.0 Å². The van der Waals surface area contributed by atoms with Crippen LogP contribution in [-0.4, -0.2) is 16.9 Å². The van der Waals surface area contributed by atoms with E-state index in [4.69, 9.17) is 23.2 Å². The molecule has 1 rings (SSSR count). The molecule has 1 N–H and O–H groups in total. The minimum absolute atomic E-state index is 0.0511. The number of anilines is 1. The normalized spacial score (nSPS) is 12.6. The summed E-state index contributed by atoms with van der Waals surface area (Å²) in [5, 5.41) is 3.51. The largest absolute Gasteiger partial charge is 0.324 e. The number of hydrogen-bond donors (Lipinski definition) is 1. The third kappa shape index (κ3) is 4.71. The van der Waals surface area contributed by atoms with Crippen LogP contribution in [0.1, 0.15) is 20.8 Å². The van der Waals surface area contributed by atoms with Gasteiger partial charge in [-0.05, 0) is 30.7 Å². The highest BCUT2D eigenvalue weighted by Gasteiger charge is 2.15. The van der Waals surface area contributed by atoms with Crippen LogP contribution in [0.2, 0.25) is 10.0 Å². The third-order valence-corrected chi connectivity index (χ3v) is 4.65. The van der Waals surface area contributed by atoms with Crippen molar-refractivity contribution in [2.45, 2.75) is 26.0 Å². The molecule has 5 heteroatoms. The lowest BCUT2D eigenvalue weighted by Gasteiger charge is -2.14. The Balaban J connectivity index is 2.61. The van der Waals surface area contributed by atoms with Crippen LogP contribution in [0.4, 0.5) is 5.69 Å². The number of carbonyl (C=O) groups excluding carboxylic acids is 1. The Labute approximate surface area is 122 Å². The van der Waals surface area contributed by atoms with Crippen molar-refractivity contribution in [3.8, 4) is 0 Å². The summed E-state index contributed by atoms with van der Waals surface area (Å²) in [6.07, 6.45) is 0. The van der Waals surface area contributed by atoms with Gasteiger partial charge in [0.2, 0.25) is 5.91 Å². The topological polar surface area (TPSA) is 29.1 Å². The van der Waals surface area contributed by atoms with E-state index in [9.17, 15) is 4.79 Å². The molecule has 0 saturated carbocycles. The van der Waals surface area contributed by atoms with Gasteiger partial charge in [0.1, 0.15) is 0 Å². The number of rotatable bonds is 5. The van der Waals surface area contributed by atoms with Crippen molar-refractivity contribution in [2.75, 3.05) is 11.1 Å². The zero-order valence-corrected chi connectivity index (χ0v) is 13.0. The number of benzene rings is 1. The number of halogens is 2. The second-order valence-electron chi connectivity index (χ2n) is 4.46. The van der Waals surface area contributed by atoms with Crippen molar-refractivity contribution >= 4 is 46.6 Å². The summed E-state index contributed by atoms with van der Waals surface area (Å²) in [5.74, 6) is 1.47. The van der Waals surface area contributed by atoms with Crippen LogP contribution in [0, 0.1) is 5.92 Å². The summed E-state index contributed by atoms with van der Waals surface area (Å²) in [5.41, 5.74) is 0.561. The van der Waals surface area contributed by atoms with Crippen LogP contribution in [-0.2, 0) is 4.79 Å². The van der Waals surface area contributed by atoms with Gasteiger partial charge in [-0.2, -0.15) is 0 Å². The van der Waals surface area contributed by atoms with Gasteiger partial charge in [-0.3, -0.25) is 4.79 Å². The number of carbonyl (C=O) groups is 1. The first-order valence-electron chi connectivity index (χ1n) is 5.78. The van der Waals surface area contributed by atoms with E-state index in [-0.39, 0.29) is 11.2 Å². The highest BCUT2D eigenvalue weighted by atomic mass is 35.5. The molecule has 1 unspecified atom stereocenters. The van der Waals surface area contributed by atoms with Crippen LogP contribution in [0.5, 0.6) is 0 Å². The molecule has 1 aromatic rings. The number of nitrogens with one attached hydrogen (secondary N) is 1. The van der Waals surface area contributed by atoms with E-state index < -0.39 is 0 Å². The number of amides is 1. The van der Waals surface area contributed by atoms with Gasteiger partial charge in [-0.25, -0.2) is 0 Å². The van der Waals surface area contributed by atoms with Crippen LogP contribution in [0.15, 0.2) is 18.2 Å². The van der Waals surface area contributed by atoms with E-state index in [0.717, 1.165) is 5.75 Å². The molecular formula is C13H17Cl2NOS. The summed E-state index contributed by atoms with van der Waals surface area (Å²) in [4.78, 5) is 12.0. The Morgan fingerprint density at radius 3 is 2.61 bits per heavy atom. The molecule has 2 nitrogen and oxygen atoms in total. The summed E-state index contributed by atoms with van der Waals surface area (Å²) >= 11 is 13.5. The van der Waals surface area contributed by atoms with E-state index in [1.54, 1.807) is 30.0 Å². The van der Waals surface area contributed by atoms with Gasteiger partial charge in [0, 0.05) is 0 Å². The molecule has 0 radical (unpaired) electrons. The minimum Gasteiger partial charge on any atom is -0.324 e. The van der Waals surface area contributed by atoms with E-state index in [0.29, 0.717) is 21.7 Å². The van der Waals surface area contributed by atoms with Crippen molar-refractivity contribution in [1.82, 2.24) is 0 Å². The fourth-order valence-corrected chi connectivity index (χ4v) is 2.48. The van der Waals surface area contributed by atoms with Gasteiger partial charge < -0.3 is 5.32 Å². The second-order valence-corrected chi connectivity index (χ2v) is 6.62. The van der Waals surface area contributed by atoms with Crippen molar-refractivity contribution in [1.29, 1.82) is 0 Å². The molecule has 0 aliphatic rings. The van der Waals surface area contributed by atoms with E-state index in [2.05, 4.69) is 19.2 Å². The molecule has 0 aliphatic heterocycles. The van der Waals surface area contributed by atoms with Crippen molar-refractivity contribution in [3.63, 3.8) is 0 Å². The molecule has 18 heavy (non-hydrogen) atoms. The maximum Gasteiger partial charge on any atom is 0.237 e. The average Bonchev–Trinajstić information content (AvgIpc) is 2.31. The van der Waals surface area contributed by atoms with E-state index >= 15 is 0 Å². The number of hydrogen-bond acceptors (Lipinski definition) is 2. The lowest BCUT2D eigenvalue weighted by Crippen LogP contribution is -2.23. The zero-order chi connectivity index (χ0) is 13.7. The predicted molar refractivity (Wildman–Crippen MR) is 81.8 cm³/mol. The molecule has 0 heterocycles. The van der Waals surface area contributed by atoms with Crippen molar-refractivity contribution < 1.29 is 4.79 Å². The summed E-state index contributed by atoms with van der Waals surface area (Å²) in [6.45, 7) is 6.15. The first-order valence-corrected chi connectivity index (χ1v) is 7.58. The van der Waals surface area contributed by atoms with E-state index in [1.165, 1.54) is 0 Å². The maximum atomic E-state index is 12.0. The highest BCUT2D eigenvalue weighted by Crippen LogP contribution is 2.30. The Hall–Kier alpha value is -0.380. The summed E-state index contributed by atoms with van der Waals surface area (Å²) in [6, 6.07) is 5.19. The molecule has 1 aromatic carbocycles. The molecule has 0 spiro atoms. The average molecular weight is 306 g/mol. The van der Waals surface area contributed by atoms with Gasteiger partial charge in [-0.1, -0.05) is 43.1 Å². The van der Waals surface area contributed by atoms with Gasteiger partial charge in [0.15, 0.2) is 0 Å². The Morgan fingerprint density at radius 1 is 1.33 bits per heavy atom. The zero-order valence-electron chi connectivity index (χ0n) is 10.7. The molecule has 100 valence electrons. The first-order chi connectivity index (χ1) is 8.41. The lowest BCUT2D eigenvalue weighted by atomic mass is 10.3. The monoisotopic (exact) mass is 305 g/mol. The SMILES string of the molecule is CC(C)CSC(C)C(=O)Nc1cccc(Cl)c1Cl. The van der Waals surface area contributed by atoms with Crippen molar-refractivity contribution in [3.05, 3.63) is 28.2 Å². The standard InChI is InChI=1S/C13H17Cl2NOS/c1-8(2)7-18-9(3)13(17)16-11-6-4-5-10(14)12(11)15/h4-6,8-9H,7H2,1-3H3,(H,16,17).